The van der Waals surface area contributed by atoms with Gasteiger partial charge in [-0.1, -0.05) is 72.8 Å². The molecule has 0 atom stereocenters. The van der Waals surface area contributed by atoms with Gasteiger partial charge in [0.05, 0.1) is 0 Å². The smallest absolute Gasteiger partial charge is 0.0278 e. The highest BCUT2D eigenvalue weighted by Crippen LogP contribution is 2.70. The Kier molecular flexibility index (Phi) is 2.88. The molecule has 0 nitrogen and oxygen atoms in total. The van der Waals surface area contributed by atoms with E-state index < -0.39 is 0 Å². The molecule has 0 aromatic heterocycles. The minimum absolute atomic E-state index is 0.239. The van der Waals surface area contributed by atoms with Crippen molar-refractivity contribution < 1.29 is 0 Å². The van der Waals surface area contributed by atoms with Crippen molar-refractivity contribution in [2.75, 3.05) is 0 Å². The first-order chi connectivity index (χ1) is 14.9. The Labute approximate surface area is 177 Å². The quantitative estimate of drug-likeness (QED) is 0.271. The third-order valence-electron chi connectivity index (χ3n) is 9.41. The lowest BCUT2D eigenvalue weighted by Crippen LogP contribution is -2.55. The van der Waals surface area contributed by atoms with Crippen LogP contribution in [0.3, 0.4) is 0 Å². The summed E-state index contributed by atoms with van der Waals surface area (Å²) in [6.45, 7) is 0. The average Bonchev–Trinajstić information content (AvgIpc) is 3.09. The second-order valence-corrected chi connectivity index (χ2v) is 10.6. The third-order valence-corrected chi connectivity index (χ3v) is 9.41. The van der Waals surface area contributed by atoms with E-state index in [9.17, 15) is 0 Å². The molecule has 30 heavy (non-hydrogen) atoms. The molecule has 0 N–H and O–H groups in total. The van der Waals surface area contributed by atoms with E-state index in [0.717, 1.165) is 23.7 Å². The number of benzene rings is 4. The zero-order valence-corrected chi connectivity index (χ0v) is 17.3. The predicted octanol–water partition coefficient (Wildman–Crippen LogP) is 7.72. The minimum Gasteiger partial charge on any atom is -0.0619 e. The predicted molar refractivity (Wildman–Crippen MR) is 125 cm³/mol. The molecule has 4 saturated carbocycles. The summed E-state index contributed by atoms with van der Waals surface area (Å²) in [6.07, 6.45) is 7.30. The summed E-state index contributed by atoms with van der Waals surface area (Å²) in [6, 6.07) is 28.0. The van der Waals surface area contributed by atoms with Crippen LogP contribution < -0.4 is 0 Å². The Morgan fingerprint density at radius 1 is 0.533 bits per heavy atom. The van der Waals surface area contributed by atoms with Gasteiger partial charge in [0, 0.05) is 5.41 Å². The van der Waals surface area contributed by atoms with E-state index in [1.54, 1.807) is 16.7 Å². The number of rotatable bonds is 0. The van der Waals surface area contributed by atoms with Crippen LogP contribution in [0.25, 0.3) is 32.7 Å². The lowest BCUT2D eigenvalue weighted by atomic mass is 9.43. The van der Waals surface area contributed by atoms with Gasteiger partial charge in [0.15, 0.2) is 0 Å². The van der Waals surface area contributed by atoms with Crippen LogP contribution >= 0.6 is 0 Å². The summed E-state index contributed by atoms with van der Waals surface area (Å²) in [5.41, 5.74) is 6.69. The maximum Gasteiger partial charge on any atom is 0.0278 e. The molecule has 0 amide bonds. The number of hydrogen-bond acceptors (Lipinski definition) is 0. The Hall–Kier alpha value is -2.60. The summed E-state index contributed by atoms with van der Waals surface area (Å²) >= 11 is 0. The summed E-state index contributed by atoms with van der Waals surface area (Å²) < 4.78 is 0. The standard InChI is InChI=1S/C30H26/c1-3-9-24-22(7-1)23-8-2-4-10-25(23)29-28(24)26-11-5-6-12-27(26)30(29)20-14-18-13-19(16-20)17-21(30)15-18/h1-12,18-21H,13-17H2. The molecule has 4 aromatic carbocycles. The lowest BCUT2D eigenvalue weighted by Gasteiger charge is -2.61. The highest BCUT2D eigenvalue weighted by molar-refractivity contribution is 6.18. The molecule has 0 aliphatic heterocycles. The van der Waals surface area contributed by atoms with Gasteiger partial charge in [-0.2, -0.15) is 0 Å². The monoisotopic (exact) mass is 386 g/mol. The summed E-state index contributed by atoms with van der Waals surface area (Å²) in [4.78, 5) is 0. The maximum absolute atomic E-state index is 2.50. The molecule has 0 radical (unpaired) electrons. The van der Waals surface area contributed by atoms with Crippen molar-refractivity contribution in [1.82, 2.24) is 0 Å². The Bertz CT molecular complexity index is 1330. The zero-order chi connectivity index (χ0) is 19.4. The molecule has 0 unspecified atom stereocenters. The maximum atomic E-state index is 2.50. The van der Waals surface area contributed by atoms with Gasteiger partial charge in [0.25, 0.3) is 0 Å². The van der Waals surface area contributed by atoms with Gasteiger partial charge in [-0.05, 0) is 99.6 Å². The molecule has 146 valence electrons. The average molecular weight is 387 g/mol. The van der Waals surface area contributed by atoms with Crippen molar-refractivity contribution >= 4 is 21.5 Å². The molecular formula is C30H26. The number of fused-ring (bicyclic) bond motifs is 8. The van der Waals surface area contributed by atoms with Gasteiger partial charge in [0.2, 0.25) is 0 Å². The number of hydrogen-bond donors (Lipinski definition) is 0. The summed E-state index contributed by atoms with van der Waals surface area (Å²) in [5, 5.41) is 5.86. The van der Waals surface area contributed by atoms with Crippen LogP contribution in [-0.2, 0) is 5.41 Å². The third kappa shape index (κ3) is 1.70. The molecule has 4 aromatic rings. The highest BCUT2D eigenvalue weighted by Gasteiger charge is 2.62. The molecular weight excluding hydrogens is 360 g/mol. The van der Waals surface area contributed by atoms with Crippen LogP contribution in [0.2, 0.25) is 0 Å². The summed E-state index contributed by atoms with van der Waals surface area (Å²) in [7, 11) is 0. The molecule has 9 rings (SSSR count). The molecule has 0 saturated heterocycles. The van der Waals surface area contributed by atoms with Crippen molar-refractivity contribution in [2.24, 2.45) is 23.7 Å². The van der Waals surface area contributed by atoms with Gasteiger partial charge in [0.1, 0.15) is 0 Å². The molecule has 5 aliphatic carbocycles. The zero-order valence-electron chi connectivity index (χ0n) is 17.3. The van der Waals surface area contributed by atoms with Crippen molar-refractivity contribution in [2.45, 2.75) is 37.5 Å². The van der Waals surface area contributed by atoms with E-state index in [2.05, 4.69) is 72.8 Å². The van der Waals surface area contributed by atoms with Crippen LogP contribution in [0.15, 0.2) is 72.8 Å². The first-order valence-corrected chi connectivity index (χ1v) is 11.9. The van der Waals surface area contributed by atoms with E-state index in [0.29, 0.717) is 0 Å². The van der Waals surface area contributed by atoms with Gasteiger partial charge in [-0.25, -0.2) is 0 Å². The van der Waals surface area contributed by atoms with Crippen molar-refractivity contribution in [3.63, 3.8) is 0 Å². The Balaban J connectivity index is 1.61. The molecule has 4 fully saturated rings. The second kappa shape index (κ2) is 5.35. The molecule has 5 aliphatic rings. The topological polar surface area (TPSA) is 0 Å². The van der Waals surface area contributed by atoms with Crippen molar-refractivity contribution in [1.29, 1.82) is 0 Å². The fourth-order valence-corrected chi connectivity index (χ4v) is 8.82. The Morgan fingerprint density at radius 2 is 1.07 bits per heavy atom. The van der Waals surface area contributed by atoms with E-state index >= 15 is 0 Å². The highest BCUT2D eigenvalue weighted by atomic mass is 14.6. The van der Waals surface area contributed by atoms with E-state index in [1.807, 2.05) is 0 Å². The van der Waals surface area contributed by atoms with Crippen LogP contribution in [0.5, 0.6) is 0 Å². The van der Waals surface area contributed by atoms with Gasteiger partial charge in [-0.15, -0.1) is 0 Å². The van der Waals surface area contributed by atoms with Gasteiger partial charge in [-0.3, -0.25) is 0 Å². The first kappa shape index (κ1) is 16.1. The van der Waals surface area contributed by atoms with Crippen molar-refractivity contribution in [3.8, 4) is 11.1 Å². The van der Waals surface area contributed by atoms with Crippen LogP contribution in [0, 0.1) is 23.7 Å². The minimum atomic E-state index is 0.239. The van der Waals surface area contributed by atoms with Crippen LogP contribution in [-0.4, -0.2) is 0 Å². The largest absolute Gasteiger partial charge is 0.0619 e. The SMILES string of the molecule is c1ccc2c(c1)-c1c(c3ccccc3c3ccccc13)C21C2CC3CC(C2)CC1C3. The van der Waals surface area contributed by atoms with Crippen LogP contribution in [0.4, 0.5) is 0 Å². The first-order valence-electron chi connectivity index (χ1n) is 11.9. The molecule has 0 heteroatoms. The fraction of sp³-hybridized carbons (Fsp3) is 0.333. The van der Waals surface area contributed by atoms with E-state index in [1.165, 1.54) is 59.2 Å². The lowest BCUT2D eigenvalue weighted by molar-refractivity contribution is -0.0393. The van der Waals surface area contributed by atoms with Crippen LogP contribution in [0.1, 0.15) is 43.2 Å². The fourth-order valence-electron chi connectivity index (χ4n) is 8.82. The van der Waals surface area contributed by atoms with E-state index in [4.69, 9.17) is 0 Å². The summed E-state index contributed by atoms with van der Waals surface area (Å²) in [5.74, 6) is 3.61. The second-order valence-electron chi connectivity index (χ2n) is 10.6. The van der Waals surface area contributed by atoms with E-state index in [-0.39, 0.29) is 5.41 Å². The molecule has 4 bridgehead atoms. The van der Waals surface area contributed by atoms with Crippen molar-refractivity contribution in [3.05, 3.63) is 83.9 Å². The molecule has 1 spiro atoms. The Morgan fingerprint density at radius 3 is 1.77 bits per heavy atom. The normalized spacial score (nSPS) is 32.8. The molecule has 0 heterocycles. The van der Waals surface area contributed by atoms with Gasteiger partial charge >= 0.3 is 0 Å². The van der Waals surface area contributed by atoms with Gasteiger partial charge < -0.3 is 0 Å².